The van der Waals surface area contributed by atoms with Gasteiger partial charge in [0.15, 0.2) is 6.61 Å². The van der Waals surface area contributed by atoms with Crippen LogP contribution >= 0.6 is 0 Å². The van der Waals surface area contributed by atoms with Crippen LogP contribution < -0.4 is 9.46 Å². The van der Waals surface area contributed by atoms with Gasteiger partial charge in [0.25, 0.3) is 0 Å². The molecule has 0 spiro atoms. The van der Waals surface area contributed by atoms with Crippen LogP contribution in [0.3, 0.4) is 0 Å². The van der Waals surface area contributed by atoms with E-state index in [0.717, 1.165) is 0 Å². The highest BCUT2D eigenvalue weighted by atomic mass is 32.2. The molecule has 0 saturated heterocycles. The Morgan fingerprint density at radius 2 is 1.86 bits per heavy atom. The van der Waals surface area contributed by atoms with Crippen LogP contribution in [0, 0.1) is 5.92 Å². The third-order valence-electron chi connectivity index (χ3n) is 3.05. The average molecular weight is 315 g/mol. The van der Waals surface area contributed by atoms with Crippen molar-refractivity contribution in [2.24, 2.45) is 5.92 Å². The smallest absolute Gasteiger partial charge is 0.341 e. The van der Waals surface area contributed by atoms with Crippen molar-refractivity contribution in [1.29, 1.82) is 0 Å². The predicted octanol–water partition coefficient (Wildman–Crippen LogP) is 1.86. The van der Waals surface area contributed by atoms with Crippen molar-refractivity contribution in [3.63, 3.8) is 0 Å². The predicted molar refractivity (Wildman–Crippen MR) is 78.8 cm³/mol. The molecule has 0 amide bonds. The molecule has 1 aromatic carbocycles. The number of aliphatic carboxylic acids is 1. The normalized spacial score (nSPS) is 13.1. The lowest BCUT2D eigenvalue weighted by atomic mass is 10.0. The summed E-state index contributed by atoms with van der Waals surface area (Å²) in [6, 6.07) is 5.54. The van der Waals surface area contributed by atoms with E-state index in [-0.39, 0.29) is 16.9 Å². The summed E-state index contributed by atoms with van der Waals surface area (Å²) in [6.07, 6.45) is 0.705. The van der Waals surface area contributed by atoms with Crippen molar-refractivity contribution >= 4 is 16.0 Å². The number of hydrogen-bond acceptors (Lipinski definition) is 4. The Kier molecular flexibility index (Phi) is 6.17. The molecule has 1 atom stereocenters. The zero-order valence-corrected chi connectivity index (χ0v) is 13.2. The Bertz CT molecular complexity index is 566. The fourth-order valence-electron chi connectivity index (χ4n) is 1.82. The standard InChI is InChI=1S/C14H21NO5S/c1-4-13(10(2)3)15-21(18,19)12-7-5-11(6-8-12)20-9-14(16)17/h5-8,10,13,15H,4,9H2,1-3H3,(H,16,17). The number of carboxylic acids is 1. The molecule has 0 saturated carbocycles. The fraction of sp³-hybridized carbons (Fsp3) is 0.500. The number of ether oxygens (including phenoxy) is 1. The summed E-state index contributed by atoms with van der Waals surface area (Å²) < 4.78 is 32.1. The highest BCUT2D eigenvalue weighted by Crippen LogP contribution is 2.17. The maximum absolute atomic E-state index is 12.2. The van der Waals surface area contributed by atoms with E-state index in [1.54, 1.807) is 0 Å². The number of hydrogen-bond donors (Lipinski definition) is 2. The first-order valence-corrected chi connectivity index (χ1v) is 8.21. The highest BCUT2D eigenvalue weighted by molar-refractivity contribution is 7.89. The zero-order chi connectivity index (χ0) is 16.0. The van der Waals surface area contributed by atoms with E-state index < -0.39 is 22.6 Å². The third-order valence-corrected chi connectivity index (χ3v) is 4.55. The van der Waals surface area contributed by atoms with Gasteiger partial charge in [0.05, 0.1) is 4.90 Å². The van der Waals surface area contributed by atoms with Crippen molar-refractivity contribution in [1.82, 2.24) is 4.72 Å². The molecule has 1 rings (SSSR count). The van der Waals surface area contributed by atoms with Crippen molar-refractivity contribution in [3.05, 3.63) is 24.3 Å². The van der Waals surface area contributed by atoms with Gasteiger partial charge < -0.3 is 9.84 Å². The molecular formula is C14H21NO5S. The van der Waals surface area contributed by atoms with Crippen LogP contribution in [-0.4, -0.2) is 32.1 Å². The van der Waals surface area contributed by atoms with Crippen molar-refractivity contribution in [2.45, 2.75) is 38.1 Å². The lowest BCUT2D eigenvalue weighted by Gasteiger charge is -2.20. The molecule has 7 heteroatoms. The van der Waals surface area contributed by atoms with Gasteiger partial charge in [-0.1, -0.05) is 20.8 Å². The molecule has 0 heterocycles. The Labute approximate surface area is 125 Å². The van der Waals surface area contributed by atoms with E-state index in [4.69, 9.17) is 9.84 Å². The lowest BCUT2D eigenvalue weighted by Crippen LogP contribution is -2.37. The Morgan fingerprint density at radius 3 is 2.29 bits per heavy atom. The second-order valence-corrected chi connectivity index (χ2v) is 6.75. The maximum atomic E-state index is 12.2. The molecule has 0 bridgehead atoms. The van der Waals surface area contributed by atoms with Gasteiger partial charge in [-0.3, -0.25) is 0 Å². The maximum Gasteiger partial charge on any atom is 0.341 e. The molecule has 21 heavy (non-hydrogen) atoms. The van der Waals surface area contributed by atoms with Gasteiger partial charge in [0.2, 0.25) is 10.0 Å². The minimum atomic E-state index is -3.59. The molecule has 0 fully saturated rings. The van der Waals surface area contributed by atoms with Gasteiger partial charge in [-0.15, -0.1) is 0 Å². The van der Waals surface area contributed by atoms with Crippen LogP contribution in [0.1, 0.15) is 27.2 Å². The van der Waals surface area contributed by atoms with Crippen molar-refractivity contribution in [2.75, 3.05) is 6.61 Å². The summed E-state index contributed by atoms with van der Waals surface area (Å²) in [4.78, 5) is 10.5. The van der Waals surface area contributed by atoms with Crippen molar-refractivity contribution < 1.29 is 23.1 Å². The van der Waals surface area contributed by atoms with Gasteiger partial charge >= 0.3 is 5.97 Å². The number of nitrogens with one attached hydrogen (secondary N) is 1. The van der Waals surface area contributed by atoms with Gasteiger partial charge in [0, 0.05) is 6.04 Å². The topological polar surface area (TPSA) is 92.7 Å². The van der Waals surface area contributed by atoms with E-state index >= 15 is 0 Å². The van der Waals surface area contributed by atoms with E-state index in [9.17, 15) is 13.2 Å². The number of benzene rings is 1. The summed E-state index contributed by atoms with van der Waals surface area (Å²) in [5.41, 5.74) is 0. The van der Waals surface area contributed by atoms with Crippen LogP contribution in [0.2, 0.25) is 0 Å². The highest BCUT2D eigenvalue weighted by Gasteiger charge is 2.21. The third kappa shape index (κ3) is 5.35. The molecule has 0 aromatic heterocycles. The SMILES string of the molecule is CCC(NS(=O)(=O)c1ccc(OCC(=O)O)cc1)C(C)C. The van der Waals surface area contributed by atoms with E-state index in [1.165, 1.54) is 24.3 Å². The molecule has 2 N–H and O–H groups in total. The van der Waals surface area contributed by atoms with Crippen molar-refractivity contribution in [3.8, 4) is 5.75 Å². The van der Waals surface area contributed by atoms with Gasteiger partial charge in [0.1, 0.15) is 5.75 Å². The zero-order valence-electron chi connectivity index (χ0n) is 12.4. The van der Waals surface area contributed by atoms with Gasteiger partial charge in [-0.05, 0) is 36.6 Å². The molecule has 1 unspecified atom stereocenters. The van der Waals surface area contributed by atoms with Gasteiger partial charge in [-0.25, -0.2) is 17.9 Å². The first-order valence-electron chi connectivity index (χ1n) is 6.73. The molecule has 0 aliphatic rings. The Morgan fingerprint density at radius 1 is 1.29 bits per heavy atom. The van der Waals surface area contributed by atoms with E-state index in [1.807, 2.05) is 20.8 Å². The monoisotopic (exact) mass is 315 g/mol. The van der Waals surface area contributed by atoms with E-state index in [2.05, 4.69) is 4.72 Å². The minimum Gasteiger partial charge on any atom is -0.482 e. The Hall–Kier alpha value is -1.60. The number of carbonyl (C=O) groups is 1. The summed E-state index contributed by atoms with van der Waals surface area (Å²) in [6.45, 7) is 5.38. The largest absolute Gasteiger partial charge is 0.482 e. The number of sulfonamides is 1. The lowest BCUT2D eigenvalue weighted by molar-refractivity contribution is -0.139. The summed E-state index contributed by atoms with van der Waals surface area (Å²) in [5.74, 6) is -0.578. The summed E-state index contributed by atoms with van der Waals surface area (Å²) >= 11 is 0. The summed E-state index contributed by atoms with van der Waals surface area (Å²) in [7, 11) is -3.59. The number of carboxylic acid groups (broad SMARTS) is 1. The van der Waals surface area contributed by atoms with Crippen LogP contribution in [0.4, 0.5) is 0 Å². The number of rotatable bonds is 8. The molecule has 0 aliphatic heterocycles. The van der Waals surface area contributed by atoms with Gasteiger partial charge in [-0.2, -0.15) is 0 Å². The van der Waals surface area contributed by atoms with Crippen LogP contribution in [0.5, 0.6) is 5.75 Å². The quantitative estimate of drug-likeness (QED) is 0.764. The molecule has 118 valence electrons. The average Bonchev–Trinajstić information content (AvgIpc) is 2.42. The first-order chi connectivity index (χ1) is 9.76. The molecule has 0 radical (unpaired) electrons. The van der Waals surface area contributed by atoms with E-state index in [0.29, 0.717) is 12.2 Å². The molecule has 6 nitrogen and oxygen atoms in total. The second-order valence-electron chi connectivity index (χ2n) is 5.03. The van der Waals surface area contributed by atoms with Crippen LogP contribution in [0.15, 0.2) is 29.2 Å². The minimum absolute atomic E-state index is 0.127. The molecule has 0 aliphatic carbocycles. The molecular weight excluding hydrogens is 294 g/mol. The van der Waals surface area contributed by atoms with Crippen LogP contribution in [0.25, 0.3) is 0 Å². The Balaban J connectivity index is 2.82. The van der Waals surface area contributed by atoms with Crippen LogP contribution in [-0.2, 0) is 14.8 Å². The first kappa shape index (κ1) is 17.5. The fourth-order valence-corrected chi connectivity index (χ4v) is 3.29. The molecule has 1 aromatic rings. The second kappa shape index (κ2) is 7.42. The summed E-state index contributed by atoms with van der Waals surface area (Å²) in [5, 5.41) is 8.51.